The molecule has 8 nitrogen and oxygen atoms in total. The van der Waals surface area contributed by atoms with Crippen LogP contribution in [0.25, 0.3) is 0 Å². The molecule has 0 amide bonds. The highest BCUT2D eigenvalue weighted by Crippen LogP contribution is 2.67. The van der Waals surface area contributed by atoms with Crippen molar-refractivity contribution in [2.75, 3.05) is 0 Å². The number of fused-ring (bicyclic) bond motifs is 1. The Bertz CT molecular complexity index is 1040. The summed E-state index contributed by atoms with van der Waals surface area (Å²) in [5.41, 5.74) is -3.19. The first-order valence-corrected chi connectivity index (χ1v) is 11.4. The number of rotatable bonds is 4. The molecule has 2 aromatic rings. The summed E-state index contributed by atoms with van der Waals surface area (Å²) in [7, 11) is 0. The molecule has 1 N–H and O–H groups in total. The minimum absolute atomic E-state index is 0.0579. The summed E-state index contributed by atoms with van der Waals surface area (Å²) in [6.45, 7) is 7.70. The van der Waals surface area contributed by atoms with Gasteiger partial charge in [-0.05, 0) is 71.4 Å². The molecule has 1 unspecified atom stereocenters. The number of carbonyl (C=O) groups is 2. The van der Waals surface area contributed by atoms with Crippen molar-refractivity contribution in [3.8, 4) is 0 Å². The van der Waals surface area contributed by atoms with Crippen LogP contribution in [0.1, 0.15) is 74.1 Å². The molecule has 2 aromatic heterocycles. The first-order chi connectivity index (χ1) is 15.5. The fourth-order valence-electron chi connectivity index (χ4n) is 6.43. The number of ether oxygens (including phenoxy) is 3. The number of aliphatic hydroxyl groups is 1. The molecular weight excluding hydrogens is 428 g/mol. The zero-order chi connectivity index (χ0) is 23.6. The summed E-state index contributed by atoms with van der Waals surface area (Å²) < 4.78 is 28.9. The van der Waals surface area contributed by atoms with Gasteiger partial charge in [-0.15, -0.1) is 0 Å². The Kier molecular flexibility index (Phi) is 4.85. The van der Waals surface area contributed by atoms with Crippen LogP contribution in [0, 0.1) is 11.3 Å². The number of esters is 2. The van der Waals surface area contributed by atoms with E-state index in [2.05, 4.69) is 0 Å². The van der Waals surface area contributed by atoms with E-state index in [1.54, 1.807) is 19.1 Å². The van der Waals surface area contributed by atoms with Crippen molar-refractivity contribution in [2.24, 2.45) is 11.3 Å². The highest BCUT2D eigenvalue weighted by molar-refractivity contribution is 5.89. The average Bonchev–Trinajstić information content (AvgIpc) is 3.49. The summed E-state index contributed by atoms with van der Waals surface area (Å²) in [6.07, 6.45) is 6.12. The van der Waals surface area contributed by atoms with Crippen molar-refractivity contribution in [3.63, 3.8) is 0 Å². The molecule has 1 saturated heterocycles. The van der Waals surface area contributed by atoms with Crippen molar-refractivity contribution in [3.05, 3.63) is 48.3 Å². The molecule has 2 saturated carbocycles. The third-order valence-corrected chi connectivity index (χ3v) is 8.44. The van der Waals surface area contributed by atoms with E-state index in [0.717, 1.165) is 0 Å². The van der Waals surface area contributed by atoms with Gasteiger partial charge in [0, 0.05) is 0 Å². The van der Waals surface area contributed by atoms with Crippen LogP contribution < -0.4 is 0 Å². The summed E-state index contributed by atoms with van der Waals surface area (Å²) in [4.78, 5) is 25.8. The van der Waals surface area contributed by atoms with E-state index in [1.807, 2.05) is 20.8 Å². The molecule has 178 valence electrons. The maximum atomic E-state index is 13.0. The highest BCUT2D eigenvalue weighted by Gasteiger charge is 2.77. The summed E-state index contributed by atoms with van der Waals surface area (Å²) in [6, 6.07) is 3.09. The van der Waals surface area contributed by atoms with Crippen LogP contribution in [0.4, 0.5) is 0 Å². The first kappa shape index (κ1) is 22.2. The summed E-state index contributed by atoms with van der Waals surface area (Å²) in [5.74, 6) is -0.983. The molecule has 2 bridgehead atoms. The average molecular weight is 459 g/mol. The maximum Gasteiger partial charge on any atom is 0.341 e. The van der Waals surface area contributed by atoms with Crippen LogP contribution >= 0.6 is 0 Å². The fourth-order valence-corrected chi connectivity index (χ4v) is 6.43. The van der Waals surface area contributed by atoms with Crippen molar-refractivity contribution < 1.29 is 37.7 Å². The van der Waals surface area contributed by atoms with Crippen molar-refractivity contribution in [1.82, 2.24) is 0 Å². The lowest BCUT2D eigenvalue weighted by Gasteiger charge is -2.62. The Morgan fingerprint density at radius 2 is 1.55 bits per heavy atom. The number of carbonyl (C=O) groups excluding carboxylic acids is 2. The SMILES string of the molecule is CC1(C)O[C@@]23C[C@@H]1C[C@@H](OC(=O)c1ccoc1)[C@@]2(C)[C@H](OC(=O)c1ccoc1)CCC3(C)O. The van der Waals surface area contributed by atoms with E-state index in [4.69, 9.17) is 23.0 Å². The van der Waals surface area contributed by atoms with Crippen molar-refractivity contribution in [1.29, 1.82) is 0 Å². The van der Waals surface area contributed by atoms with E-state index in [1.165, 1.54) is 25.1 Å². The lowest BCUT2D eigenvalue weighted by atomic mass is 9.49. The molecule has 2 aliphatic carbocycles. The second kappa shape index (κ2) is 7.21. The predicted molar refractivity (Wildman–Crippen MR) is 114 cm³/mol. The fraction of sp³-hybridized carbons (Fsp3) is 0.600. The van der Waals surface area contributed by atoms with E-state index in [0.29, 0.717) is 36.8 Å². The van der Waals surface area contributed by atoms with E-state index < -0.39 is 46.4 Å². The second-order valence-electron chi connectivity index (χ2n) is 10.6. The Balaban J connectivity index is 1.57. The van der Waals surface area contributed by atoms with Crippen LogP contribution in [0.3, 0.4) is 0 Å². The molecule has 1 aliphatic heterocycles. The van der Waals surface area contributed by atoms with Crippen LogP contribution in [0.5, 0.6) is 0 Å². The normalized spacial score (nSPS) is 39.0. The molecule has 33 heavy (non-hydrogen) atoms. The molecule has 0 aromatic carbocycles. The maximum absolute atomic E-state index is 13.0. The lowest BCUT2D eigenvalue weighted by molar-refractivity contribution is -0.302. The third kappa shape index (κ3) is 3.10. The van der Waals surface area contributed by atoms with Gasteiger partial charge in [-0.25, -0.2) is 9.59 Å². The predicted octanol–water partition coefficient (Wildman–Crippen LogP) is 4.13. The summed E-state index contributed by atoms with van der Waals surface area (Å²) in [5, 5.41) is 11.7. The molecule has 5 rings (SSSR count). The van der Waals surface area contributed by atoms with E-state index in [-0.39, 0.29) is 5.92 Å². The van der Waals surface area contributed by atoms with Crippen molar-refractivity contribution >= 4 is 11.9 Å². The van der Waals surface area contributed by atoms with Gasteiger partial charge >= 0.3 is 11.9 Å². The molecule has 3 aliphatic rings. The second-order valence-corrected chi connectivity index (χ2v) is 10.6. The van der Waals surface area contributed by atoms with Gasteiger partial charge in [-0.3, -0.25) is 0 Å². The zero-order valence-electron chi connectivity index (χ0n) is 19.3. The Hall–Kier alpha value is -2.58. The van der Waals surface area contributed by atoms with Gasteiger partial charge in [0.1, 0.15) is 30.3 Å². The largest absolute Gasteiger partial charge is 0.472 e. The molecule has 1 spiro atoms. The van der Waals surface area contributed by atoms with Gasteiger partial charge in [0.2, 0.25) is 0 Å². The van der Waals surface area contributed by atoms with Gasteiger partial charge in [-0.2, -0.15) is 0 Å². The Morgan fingerprint density at radius 3 is 2.09 bits per heavy atom. The molecule has 8 heteroatoms. The Morgan fingerprint density at radius 1 is 0.970 bits per heavy atom. The minimum Gasteiger partial charge on any atom is -0.472 e. The first-order valence-electron chi connectivity index (χ1n) is 11.4. The number of hydrogen-bond donors (Lipinski definition) is 1. The molecule has 3 heterocycles. The molecular formula is C25H30O8. The lowest BCUT2D eigenvalue weighted by Crippen LogP contribution is -2.74. The van der Waals surface area contributed by atoms with Crippen LogP contribution in [0.15, 0.2) is 46.0 Å². The van der Waals surface area contributed by atoms with Gasteiger partial charge in [0.05, 0.1) is 40.3 Å². The standard InChI is InChI=1S/C25H30O8/c1-22(2)17-11-19(32-21(27)16-7-10-30-14-16)24(4)18(31-20(26)15-6-9-29-13-15)5-8-23(3,28)25(24,12-17)33-22/h6-7,9-10,13-14,17-19,28H,5,8,11-12H2,1-4H3/t17-,18+,19+,23?,24+,25+/m0/s1. The molecule has 0 radical (unpaired) electrons. The van der Waals surface area contributed by atoms with E-state index in [9.17, 15) is 14.7 Å². The third-order valence-electron chi connectivity index (χ3n) is 8.44. The quantitative estimate of drug-likeness (QED) is 0.682. The highest BCUT2D eigenvalue weighted by atomic mass is 16.6. The van der Waals surface area contributed by atoms with Crippen LogP contribution in [-0.2, 0) is 14.2 Å². The van der Waals surface area contributed by atoms with Gasteiger partial charge < -0.3 is 28.2 Å². The van der Waals surface area contributed by atoms with E-state index >= 15 is 0 Å². The topological polar surface area (TPSA) is 108 Å². The smallest absolute Gasteiger partial charge is 0.341 e. The molecule has 3 fully saturated rings. The van der Waals surface area contributed by atoms with Gasteiger partial charge in [-0.1, -0.05) is 0 Å². The summed E-state index contributed by atoms with van der Waals surface area (Å²) >= 11 is 0. The number of furan rings is 2. The van der Waals surface area contributed by atoms with Gasteiger partial charge in [0.25, 0.3) is 0 Å². The van der Waals surface area contributed by atoms with Crippen LogP contribution in [-0.4, -0.2) is 46.1 Å². The Labute approximate surface area is 192 Å². The van der Waals surface area contributed by atoms with Crippen LogP contribution in [0.2, 0.25) is 0 Å². The van der Waals surface area contributed by atoms with Crippen molar-refractivity contribution in [2.45, 2.75) is 82.4 Å². The zero-order valence-corrected chi connectivity index (χ0v) is 19.3. The number of hydrogen-bond acceptors (Lipinski definition) is 8. The van der Waals surface area contributed by atoms with Gasteiger partial charge in [0.15, 0.2) is 0 Å². The monoisotopic (exact) mass is 458 g/mol. The molecule has 6 atom stereocenters. The minimum atomic E-state index is -1.20.